The third-order valence-electron chi connectivity index (χ3n) is 5.98. The summed E-state index contributed by atoms with van der Waals surface area (Å²) in [6.45, 7) is 0.500. The topological polar surface area (TPSA) is 64.0 Å². The highest BCUT2D eigenvalue weighted by atomic mass is 16.2. The molecule has 1 amide bonds. The Hall–Kier alpha value is -3.21. The third kappa shape index (κ3) is 5.48. The van der Waals surface area contributed by atoms with Crippen LogP contribution in [-0.2, 0) is 24.2 Å². The van der Waals surface area contributed by atoms with Gasteiger partial charge < -0.3 is 5.32 Å². The first-order chi connectivity index (χ1) is 15.2. The summed E-state index contributed by atoms with van der Waals surface area (Å²) in [7, 11) is 0. The summed E-state index contributed by atoms with van der Waals surface area (Å²) in [4.78, 5) is 25.0. The average molecular weight is 416 g/mol. The number of amides is 1. The first kappa shape index (κ1) is 21.0. The van der Waals surface area contributed by atoms with Crippen LogP contribution in [0.15, 0.2) is 71.5 Å². The van der Waals surface area contributed by atoms with Crippen LogP contribution in [0.4, 0.5) is 0 Å². The minimum Gasteiger partial charge on any atom is -0.354 e. The largest absolute Gasteiger partial charge is 0.354 e. The van der Waals surface area contributed by atoms with Gasteiger partial charge in [-0.1, -0.05) is 67.1 Å². The van der Waals surface area contributed by atoms with Gasteiger partial charge in [0.1, 0.15) is 6.54 Å². The van der Waals surface area contributed by atoms with Gasteiger partial charge in [-0.25, -0.2) is 4.68 Å². The fourth-order valence-electron chi connectivity index (χ4n) is 4.34. The number of aromatic nitrogens is 2. The molecule has 31 heavy (non-hydrogen) atoms. The van der Waals surface area contributed by atoms with Crippen molar-refractivity contribution in [2.75, 3.05) is 6.54 Å². The lowest BCUT2D eigenvalue weighted by Crippen LogP contribution is -2.35. The second kappa shape index (κ2) is 10.2. The molecule has 160 valence electrons. The van der Waals surface area contributed by atoms with E-state index in [1.165, 1.54) is 15.8 Å². The van der Waals surface area contributed by atoms with Gasteiger partial charge in [0.05, 0.1) is 5.69 Å². The van der Waals surface area contributed by atoms with Crippen molar-refractivity contribution in [3.05, 3.63) is 99.5 Å². The molecule has 3 aromatic rings. The highest BCUT2D eigenvalue weighted by Gasteiger charge is 2.16. The van der Waals surface area contributed by atoms with Crippen molar-refractivity contribution in [3.8, 4) is 0 Å². The van der Waals surface area contributed by atoms with Crippen LogP contribution in [0.2, 0.25) is 0 Å². The predicted molar refractivity (Wildman–Crippen MR) is 122 cm³/mol. The van der Waals surface area contributed by atoms with Crippen LogP contribution in [0, 0.1) is 0 Å². The summed E-state index contributed by atoms with van der Waals surface area (Å²) in [6.07, 6.45) is 5.92. The van der Waals surface area contributed by atoms with Crippen molar-refractivity contribution in [3.63, 3.8) is 0 Å². The van der Waals surface area contributed by atoms with E-state index in [4.69, 9.17) is 0 Å². The number of carbonyl (C=O) groups is 1. The quantitative estimate of drug-likeness (QED) is 0.596. The molecule has 4 rings (SSSR count). The summed E-state index contributed by atoms with van der Waals surface area (Å²) in [5.74, 6) is 0.0269. The fraction of sp³-hybridized carbons (Fsp3) is 0.346. The average Bonchev–Trinajstić information content (AvgIpc) is 3.03. The van der Waals surface area contributed by atoms with Crippen molar-refractivity contribution in [1.82, 2.24) is 15.1 Å². The Labute approximate surface area is 183 Å². The molecule has 5 heteroatoms. The highest BCUT2D eigenvalue weighted by Crippen LogP contribution is 2.27. The molecule has 0 atom stereocenters. The zero-order chi connectivity index (χ0) is 21.5. The van der Waals surface area contributed by atoms with Crippen LogP contribution in [0.1, 0.15) is 54.0 Å². The molecule has 0 aliphatic heterocycles. The molecule has 1 N–H and O–H groups in total. The number of aryl methyl sites for hydroxylation is 2. The van der Waals surface area contributed by atoms with Gasteiger partial charge in [-0.2, -0.15) is 5.10 Å². The van der Waals surface area contributed by atoms with Gasteiger partial charge >= 0.3 is 0 Å². The molecular formula is C26H29N3O2. The molecule has 1 heterocycles. The van der Waals surface area contributed by atoms with E-state index in [9.17, 15) is 9.59 Å². The molecule has 1 aliphatic carbocycles. The van der Waals surface area contributed by atoms with Gasteiger partial charge in [0, 0.05) is 18.5 Å². The normalized spacial score (nSPS) is 13.5. The van der Waals surface area contributed by atoms with Crippen molar-refractivity contribution in [1.29, 1.82) is 0 Å². The van der Waals surface area contributed by atoms with Crippen LogP contribution in [0.5, 0.6) is 0 Å². The van der Waals surface area contributed by atoms with Gasteiger partial charge in [0.2, 0.25) is 5.91 Å². The molecule has 0 radical (unpaired) electrons. The Morgan fingerprint density at radius 2 is 1.58 bits per heavy atom. The lowest BCUT2D eigenvalue weighted by atomic mass is 9.88. The minimum atomic E-state index is -0.192. The van der Waals surface area contributed by atoms with E-state index in [0.717, 1.165) is 49.8 Å². The van der Waals surface area contributed by atoms with Gasteiger partial charge in [0.25, 0.3) is 5.56 Å². The van der Waals surface area contributed by atoms with E-state index >= 15 is 0 Å². The Morgan fingerprint density at radius 1 is 0.935 bits per heavy atom. The summed E-state index contributed by atoms with van der Waals surface area (Å²) in [5, 5.41) is 7.48. The number of nitrogens with zero attached hydrogens (tertiary/aromatic N) is 2. The lowest BCUT2D eigenvalue weighted by Gasteiger charge is -2.18. The molecule has 0 spiro atoms. The molecule has 0 saturated carbocycles. The fourth-order valence-corrected chi connectivity index (χ4v) is 4.34. The molecular weight excluding hydrogens is 386 g/mol. The maximum Gasteiger partial charge on any atom is 0.267 e. The van der Waals surface area contributed by atoms with Crippen LogP contribution < -0.4 is 10.9 Å². The molecule has 0 fully saturated rings. The van der Waals surface area contributed by atoms with E-state index in [-0.39, 0.29) is 23.9 Å². The number of nitrogens with one attached hydrogen (secondary N) is 1. The first-order valence-corrected chi connectivity index (χ1v) is 11.2. The summed E-state index contributed by atoms with van der Waals surface area (Å²) >= 11 is 0. The lowest BCUT2D eigenvalue weighted by molar-refractivity contribution is -0.121. The standard InChI is InChI=1S/C26H29N3O2/c30-25(19-29-26(31)18-22-14-8-3-9-15-24(22)28-29)27-17-16-23(20-10-4-1-5-11-20)21-12-6-2-7-13-21/h1-2,4-7,10-13,18,23H,3,8-9,14-17,19H2,(H,27,30). The first-order valence-electron chi connectivity index (χ1n) is 11.2. The minimum absolute atomic E-state index is 0.0343. The number of hydrogen-bond acceptors (Lipinski definition) is 3. The maximum absolute atomic E-state index is 12.5. The predicted octanol–water partition coefficient (Wildman–Crippen LogP) is 3.85. The smallest absolute Gasteiger partial charge is 0.267 e. The number of fused-ring (bicyclic) bond motifs is 1. The van der Waals surface area contributed by atoms with Crippen molar-refractivity contribution in [2.24, 2.45) is 0 Å². The zero-order valence-electron chi connectivity index (χ0n) is 17.8. The van der Waals surface area contributed by atoms with Crippen molar-refractivity contribution >= 4 is 5.91 Å². The third-order valence-corrected chi connectivity index (χ3v) is 5.98. The molecule has 0 bridgehead atoms. The van der Waals surface area contributed by atoms with Gasteiger partial charge in [0.15, 0.2) is 0 Å². The van der Waals surface area contributed by atoms with Crippen LogP contribution in [-0.4, -0.2) is 22.2 Å². The molecule has 1 aliphatic rings. The second-order valence-corrected chi connectivity index (χ2v) is 8.19. The van der Waals surface area contributed by atoms with E-state index < -0.39 is 0 Å². The van der Waals surface area contributed by atoms with Gasteiger partial charge in [-0.05, 0) is 48.8 Å². The van der Waals surface area contributed by atoms with E-state index in [0.29, 0.717) is 6.54 Å². The SMILES string of the molecule is O=C(Cn1nc2c(cc1=O)CCCCC2)NCCC(c1ccccc1)c1ccccc1. The monoisotopic (exact) mass is 415 g/mol. The number of hydrogen-bond donors (Lipinski definition) is 1. The Morgan fingerprint density at radius 3 is 2.26 bits per heavy atom. The Kier molecular flexibility index (Phi) is 6.92. The van der Waals surface area contributed by atoms with E-state index in [2.05, 4.69) is 34.7 Å². The zero-order valence-corrected chi connectivity index (χ0v) is 17.8. The second-order valence-electron chi connectivity index (χ2n) is 8.19. The molecule has 1 aromatic heterocycles. The number of benzene rings is 2. The molecule has 0 saturated heterocycles. The summed E-state index contributed by atoms with van der Waals surface area (Å²) in [5.41, 5.74) is 4.28. The van der Waals surface area contributed by atoms with E-state index in [1.807, 2.05) is 36.4 Å². The van der Waals surface area contributed by atoms with Crippen molar-refractivity contribution < 1.29 is 4.79 Å². The van der Waals surface area contributed by atoms with Gasteiger partial charge in [-0.3, -0.25) is 9.59 Å². The highest BCUT2D eigenvalue weighted by molar-refractivity contribution is 5.75. The molecule has 0 unspecified atom stereocenters. The van der Waals surface area contributed by atoms with Crippen molar-refractivity contribution in [2.45, 2.75) is 51.0 Å². The number of rotatable bonds is 7. The summed E-state index contributed by atoms with van der Waals surface area (Å²) < 4.78 is 1.31. The van der Waals surface area contributed by atoms with Gasteiger partial charge in [-0.15, -0.1) is 0 Å². The van der Waals surface area contributed by atoms with Crippen LogP contribution in [0.3, 0.4) is 0 Å². The molecule has 2 aromatic carbocycles. The Bertz CT molecular complexity index is 1020. The van der Waals surface area contributed by atoms with Crippen LogP contribution >= 0.6 is 0 Å². The Balaban J connectivity index is 1.39. The van der Waals surface area contributed by atoms with E-state index in [1.54, 1.807) is 6.07 Å². The summed E-state index contributed by atoms with van der Waals surface area (Å²) in [6, 6.07) is 22.4. The van der Waals surface area contributed by atoms with Crippen LogP contribution in [0.25, 0.3) is 0 Å². The maximum atomic E-state index is 12.5. The number of carbonyl (C=O) groups excluding carboxylic acids is 1. The molecule has 5 nitrogen and oxygen atoms in total.